The molecule has 1 rings (SSSR count). The number of hydrogen-bond donors (Lipinski definition) is 3. The van der Waals surface area contributed by atoms with E-state index in [-0.39, 0.29) is 18.4 Å². The van der Waals surface area contributed by atoms with Gasteiger partial charge in [0.2, 0.25) is 10.0 Å². The molecule has 0 aromatic rings. The van der Waals surface area contributed by atoms with Crippen LogP contribution in [0.15, 0.2) is 0 Å². The van der Waals surface area contributed by atoms with Gasteiger partial charge in [0, 0.05) is 26.1 Å². The molecule has 0 aromatic heterocycles. The van der Waals surface area contributed by atoms with Crippen molar-refractivity contribution in [3.63, 3.8) is 0 Å². The van der Waals surface area contributed by atoms with E-state index in [0.29, 0.717) is 19.6 Å². The van der Waals surface area contributed by atoms with Crippen LogP contribution in [0.4, 0.5) is 0 Å². The molecule has 0 aliphatic carbocycles. The Morgan fingerprint density at radius 3 is 2.80 bits per heavy atom. The molecule has 2 atom stereocenters. The van der Waals surface area contributed by atoms with Crippen LogP contribution in [0, 0.1) is 0 Å². The average molecular weight is 238 g/mol. The molecule has 0 radical (unpaired) electrons. The van der Waals surface area contributed by atoms with Crippen molar-refractivity contribution in [2.24, 2.45) is 5.14 Å². The number of rotatable bonds is 5. The maximum atomic E-state index is 10.6. The summed E-state index contributed by atoms with van der Waals surface area (Å²) >= 11 is 0. The predicted octanol–water partition coefficient (Wildman–Crippen LogP) is -1.60. The van der Waals surface area contributed by atoms with E-state index in [0.717, 1.165) is 0 Å². The van der Waals surface area contributed by atoms with Gasteiger partial charge in [0.05, 0.1) is 11.9 Å². The molecule has 7 heteroatoms. The van der Waals surface area contributed by atoms with Crippen LogP contribution in [-0.2, 0) is 14.8 Å². The monoisotopic (exact) mass is 238 g/mol. The third-order valence-corrected chi connectivity index (χ3v) is 3.43. The summed E-state index contributed by atoms with van der Waals surface area (Å²) in [6, 6.07) is 0. The molecule has 1 fully saturated rings. The second-order valence-corrected chi connectivity index (χ2v) is 5.64. The maximum absolute atomic E-state index is 10.6. The van der Waals surface area contributed by atoms with Crippen LogP contribution in [0.5, 0.6) is 0 Å². The minimum Gasteiger partial charge on any atom is -0.386 e. The van der Waals surface area contributed by atoms with Gasteiger partial charge in [-0.2, -0.15) is 0 Å². The fourth-order valence-electron chi connectivity index (χ4n) is 1.52. The molecular formula is C8H18N2O4S. The van der Waals surface area contributed by atoms with Gasteiger partial charge in [-0.3, -0.25) is 0 Å². The minimum atomic E-state index is -3.43. The van der Waals surface area contributed by atoms with Gasteiger partial charge in [0.1, 0.15) is 5.60 Å². The molecule has 0 saturated carbocycles. The zero-order valence-electron chi connectivity index (χ0n) is 8.77. The fraction of sp³-hybridized carbons (Fsp3) is 1.00. The number of aliphatic hydroxyl groups is 1. The van der Waals surface area contributed by atoms with Crippen LogP contribution in [0.25, 0.3) is 0 Å². The number of nitrogens with one attached hydrogen (secondary N) is 1. The second kappa shape index (κ2) is 4.75. The van der Waals surface area contributed by atoms with Crippen molar-refractivity contribution in [1.29, 1.82) is 0 Å². The van der Waals surface area contributed by atoms with Crippen LogP contribution in [0.1, 0.15) is 13.3 Å². The SMILES string of the molecule is CC1OCCC1(O)CNCCS(N)(=O)=O. The third-order valence-electron chi connectivity index (χ3n) is 2.65. The Balaban J connectivity index is 2.25. The van der Waals surface area contributed by atoms with Crippen molar-refractivity contribution in [2.75, 3.05) is 25.4 Å². The van der Waals surface area contributed by atoms with Gasteiger partial charge in [-0.25, -0.2) is 13.6 Å². The van der Waals surface area contributed by atoms with Crippen LogP contribution < -0.4 is 10.5 Å². The molecule has 1 aliphatic rings. The molecule has 2 unspecified atom stereocenters. The molecule has 1 heterocycles. The summed E-state index contributed by atoms with van der Waals surface area (Å²) in [6.07, 6.45) is 0.343. The molecule has 6 nitrogen and oxygen atoms in total. The standard InChI is InChI=1S/C8H18N2O4S/c1-7-8(11,2-4-14-7)6-10-3-5-15(9,12)13/h7,10-11H,2-6H2,1H3,(H2,9,12,13). The first-order chi connectivity index (χ1) is 6.83. The average Bonchev–Trinajstić information content (AvgIpc) is 2.41. The van der Waals surface area contributed by atoms with E-state index in [2.05, 4.69) is 5.32 Å². The van der Waals surface area contributed by atoms with Gasteiger partial charge in [0.25, 0.3) is 0 Å². The van der Waals surface area contributed by atoms with Crippen LogP contribution in [-0.4, -0.2) is 50.7 Å². The lowest BCUT2D eigenvalue weighted by molar-refractivity contribution is -0.0257. The van der Waals surface area contributed by atoms with Crippen molar-refractivity contribution in [1.82, 2.24) is 5.32 Å². The highest BCUT2D eigenvalue weighted by molar-refractivity contribution is 7.89. The highest BCUT2D eigenvalue weighted by Gasteiger charge is 2.38. The zero-order chi connectivity index (χ0) is 11.5. The number of hydrogen-bond acceptors (Lipinski definition) is 5. The quantitative estimate of drug-likeness (QED) is 0.501. The van der Waals surface area contributed by atoms with Crippen molar-refractivity contribution < 1.29 is 18.3 Å². The lowest BCUT2D eigenvalue weighted by atomic mass is 9.97. The normalized spacial score (nSPS) is 32.1. The van der Waals surface area contributed by atoms with E-state index in [1.807, 2.05) is 0 Å². The highest BCUT2D eigenvalue weighted by Crippen LogP contribution is 2.24. The van der Waals surface area contributed by atoms with Crippen LogP contribution in [0.2, 0.25) is 0 Å². The summed E-state index contributed by atoms with van der Waals surface area (Å²) in [5.41, 5.74) is -0.891. The lowest BCUT2D eigenvalue weighted by Crippen LogP contribution is -2.46. The molecule has 0 amide bonds. The van der Waals surface area contributed by atoms with Gasteiger partial charge in [-0.05, 0) is 6.92 Å². The van der Waals surface area contributed by atoms with E-state index in [9.17, 15) is 13.5 Å². The molecule has 4 N–H and O–H groups in total. The molecule has 15 heavy (non-hydrogen) atoms. The molecule has 0 aromatic carbocycles. The molecular weight excluding hydrogens is 220 g/mol. The Morgan fingerprint density at radius 1 is 1.67 bits per heavy atom. The van der Waals surface area contributed by atoms with Crippen LogP contribution in [0.3, 0.4) is 0 Å². The minimum absolute atomic E-state index is 0.127. The van der Waals surface area contributed by atoms with Crippen molar-refractivity contribution in [2.45, 2.75) is 25.0 Å². The summed E-state index contributed by atoms with van der Waals surface area (Å²) in [4.78, 5) is 0. The Kier molecular flexibility index (Phi) is 4.07. The van der Waals surface area contributed by atoms with Gasteiger partial charge in [-0.15, -0.1) is 0 Å². The number of sulfonamides is 1. The number of ether oxygens (including phenoxy) is 1. The number of nitrogens with two attached hydrogens (primary N) is 1. The Morgan fingerprint density at radius 2 is 2.33 bits per heavy atom. The Labute approximate surface area is 89.8 Å². The summed E-state index contributed by atoms with van der Waals surface area (Å²) in [5, 5.41) is 17.7. The van der Waals surface area contributed by atoms with Gasteiger partial charge >= 0.3 is 0 Å². The molecule has 1 aliphatic heterocycles. The smallest absolute Gasteiger partial charge is 0.210 e. The molecule has 90 valence electrons. The van der Waals surface area contributed by atoms with Gasteiger partial charge < -0.3 is 15.2 Å². The van der Waals surface area contributed by atoms with Crippen LogP contribution >= 0.6 is 0 Å². The van der Waals surface area contributed by atoms with E-state index >= 15 is 0 Å². The first kappa shape index (κ1) is 12.9. The molecule has 1 saturated heterocycles. The molecule has 0 spiro atoms. The summed E-state index contributed by atoms with van der Waals surface area (Å²) < 4.78 is 26.5. The largest absolute Gasteiger partial charge is 0.386 e. The topological polar surface area (TPSA) is 102 Å². The van der Waals surface area contributed by atoms with E-state index in [4.69, 9.17) is 9.88 Å². The summed E-state index contributed by atoms with van der Waals surface area (Å²) in [5.74, 6) is -0.127. The van der Waals surface area contributed by atoms with E-state index in [1.54, 1.807) is 6.92 Å². The van der Waals surface area contributed by atoms with Crippen molar-refractivity contribution >= 4 is 10.0 Å². The Bertz CT molecular complexity index is 306. The number of primary sulfonamides is 1. The fourth-order valence-corrected chi connectivity index (χ4v) is 1.95. The van der Waals surface area contributed by atoms with E-state index < -0.39 is 15.6 Å². The van der Waals surface area contributed by atoms with Gasteiger partial charge in [-0.1, -0.05) is 0 Å². The van der Waals surface area contributed by atoms with Crippen molar-refractivity contribution in [3.05, 3.63) is 0 Å². The maximum Gasteiger partial charge on any atom is 0.210 e. The Hall–Kier alpha value is -0.210. The van der Waals surface area contributed by atoms with E-state index in [1.165, 1.54) is 0 Å². The second-order valence-electron chi connectivity index (χ2n) is 3.91. The first-order valence-electron chi connectivity index (χ1n) is 4.89. The van der Waals surface area contributed by atoms with Crippen molar-refractivity contribution in [3.8, 4) is 0 Å². The van der Waals surface area contributed by atoms with Gasteiger partial charge in [0.15, 0.2) is 0 Å². The summed E-state index contributed by atoms with van der Waals surface area (Å²) in [7, 11) is -3.43. The zero-order valence-corrected chi connectivity index (χ0v) is 9.59. The molecule has 0 bridgehead atoms. The predicted molar refractivity (Wildman–Crippen MR) is 55.8 cm³/mol. The summed E-state index contributed by atoms with van der Waals surface area (Å²) in [6.45, 7) is 2.90. The highest BCUT2D eigenvalue weighted by atomic mass is 32.2. The lowest BCUT2D eigenvalue weighted by Gasteiger charge is -2.26. The third kappa shape index (κ3) is 4.04. The first-order valence-corrected chi connectivity index (χ1v) is 6.60.